The lowest BCUT2D eigenvalue weighted by Gasteiger charge is -2.33. The standard InChI is InChI=1S/C25H27ClN6O4/c1-14-16(6-5-7-18(14)26)21-29-23(36-30-21)17-13-27-32-19(12-20(33)28-22(17)32)15-8-10-31(11-9-15)24(34)35-25(2,3)4/h5-7,12-13,15H,8-11H2,1-4H3,(H,28,33). The van der Waals surface area contributed by atoms with E-state index in [-0.39, 0.29) is 23.5 Å². The number of benzene rings is 1. The molecule has 1 N–H and O–H groups in total. The summed E-state index contributed by atoms with van der Waals surface area (Å²) in [6, 6.07) is 7.06. The molecular weight excluding hydrogens is 484 g/mol. The molecule has 0 atom stereocenters. The average molecular weight is 511 g/mol. The van der Waals surface area contributed by atoms with Crippen LogP contribution >= 0.6 is 11.6 Å². The third kappa shape index (κ3) is 4.60. The second kappa shape index (κ2) is 9.09. The molecule has 0 unspecified atom stereocenters. The van der Waals surface area contributed by atoms with Gasteiger partial charge in [-0.2, -0.15) is 10.1 Å². The molecule has 4 aromatic rings. The number of hydrogen-bond acceptors (Lipinski definition) is 7. The van der Waals surface area contributed by atoms with Crippen LogP contribution in [-0.2, 0) is 4.74 Å². The zero-order valence-corrected chi connectivity index (χ0v) is 21.3. The maximum absolute atomic E-state index is 12.6. The number of piperidine rings is 1. The van der Waals surface area contributed by atoms with E-state index in [0.717, 1.165) is 16.8 Å². The first-order chi connectivity index (χ1) is 17.1. The van der Waals surface area contributed by atoms with Crippen molar-refractivity contribution in [2.75, 3.05) is 13.1 Å². The maximum atomic E-state index is 12.6. The van der Waals surface area contributed by atoms with Crippen LogP contribution in [0.2, 0.25) is 5.02 Å². The second-order valence-electron chi connectivity index (χ2n) is 9.95. The van der Waals surface area contributed by atoms with Gasteiger partial charge in [-0.3, -0.25) is 4.79 Å². The summed E-state index contributed by atoms with van der Waals surface area (Å²) in [6.07, 6.45) is 2.66. The lowest BCUT2D eigenvalue weighted by Crippen LogP contribution is -2.41. The molecule has 1 aliphatic heterocycles. The topological polar surface area (TPSA) is 119 Å². The Morgan fingerprint density at radius 1 is 1.22 bits per heavy atom. The first-order valence-electron chi connectivity index (χ1n) is 11.8. The Morgan fingerprint density at radius 3 is 2.69 bits per heavy atom. The minimum atomic E-state index is -0.543. The molecular formula is C25H27ClN6O4. The first kappa shape index (κ1) is 24.1. The molecule has 10 nitrogen and oxygen atoms in total. The average Bonchev–Trinajstić information content (AvgIpc) is 3.46. The van der Waals surface area contributed by atoms with Crippen molar-refractivity contribution in [3.05, 3.63) is 57.1 Å². The van der Waals surface area contributed by atoms with E-state index in [2.05, 4.69) is 20.2 Å². The van der Waals surface area contributed by atoms with Gasteiger partial charge >= 0.3 is 6.09 Å². The van der Waals surface area contributed by atoms with E-state index < -0.39 is 5.60 Å². The van der Waals surface area contributed by atoms with Gasteiger partial charge in [0.2, 0.25) is 5.82 Å². The van der Waals surface area contributed by atoms with Crippen molar-refractivity contribution in [2.45, 2.75) is 52.1 Å². The summed E-state index contributed by atoms with van der Waals surface area (Å²) in [7, 11) is 0. The van der Waals surface area contributed by atoms with Gasteiger partial charge in [0.15, 0.2) is 0 Å². The second-order valence-corrected chi connectivity index (χ2v) is 10.4. The highest BCUT2D eigenvalue weighted by molar-refractivity contribution is 6.31. The number of likely N-dealkylation sites (tertiary alicyclic amines) is 1. The highest BCUT2D eigenvalue weighted by Crippen LogP contribution is 2.32. The predicted octanol–water partition coefficient (Wildman–Crippen LogP) is 4.82. The molecule has 0 bridgehead atoms. The van der Waals surface area contributed by atoms with Gasteiger partial charge in [0.1, 0.15) is 16.8 Å². The first-order valence-corrected chi connectivity index (χ1v) is 12.2. The zero-order chi connectivity index (χ0) is 25.6. The molecule has 0 aliphatic carbocycles. The maximum Gasteiger partial charge on any atom is 0.410 e. The van der Waals surface area contributed by atoms with E-state index in [1.807, 2.05) is 39.8 Å². The number of hydrogen-bond donors (Lipinski definition) is 1. The number of aromatic amines is 1. The van der Waals surface area contributed by atoms with Crippen LogP contribution < -0.4 is 5.56 Å². The number of aromatic nitrogens is 5. The van der Waals surface area contributed by atoms with Crippen LogP contribution in [0.15, 0.2) is 39.8 Å². The monoisotopic (exact) mass is 510 g/mol. The molecule has 1 aliphatic rings. The fourth-order valence-corrected chi connectivity index (χ4v) is 4.61. The van der Waals surface area contributed by atoms with Gasteiger partial charge < -0.3 is 19.1 Å². The molecule has 11 heteroatoms. The Bertz CT molecular complexity index is 1490. The third-order valence-electron chi connectivity index (χ3n) is 6.26. The highest BCUT2D eigenvalue weighted by Gasteiger charge is 2.29. The number of carbonyl (C=O) groups is 1. The molecule has 1 fully saturated rings. The van der Waals surface area contributed by atoms with Gasteiger partial charge in [-0.25, -0.2) is 9.31 Å². The van der Waals surface area contributed by atoms with E-state index in [1.54, 1.807) is 27.7 Å². The number of rotatable bonds is 3. The van der Waals surface area contributed by atoms with E-state index in [0.29, 0.717) is 48.0 Å². The Hall–Kier alpha value is -3.66. The molecule has 0 spiro atoms. The highest BCUT2D eigenvalue weighted by atomic mass is 35.5. The fourth-order valence-electron chi connectivity index (χ4n) is 4.44. The molecule has 0 radical (unpaired) electrons. The number of halogens is 1. The number of H-pyrrole nitrogens is 1. The predicted molar refractivity (Wildman–Crippen MR) is 134 cm³/mol. The van der Waals surface area contributed by atoms with Crippen LogP contribution in [0, 0.1) is 6.92 Å². The molecule has 1 aromatic carbocycles. The summed E-state index contributed by atoms with van der Waals surface area (Å²) in [5, 5.41) is 9.25. The van der Waals surface area contributed by atoms with Crippen LogP contribution in [-0.4, -0.2) is 54.4 Å². The summed E-state index contributed by atoms with van der Waals surface area (Å²) in [4.78, 5) is 34.1. The molecule has 36 heavy (non-hydrogen) atoms. The van der Waals surface area contributed by atoms with E-state index in [9.17, 15) is 9.59 Å². The minimum Gasteiger partial charge on any atom is -0.444 e. The molecule has 188 valence electrons. The van der Waals surface area contributed by atoms with Crippen LogP contribution in [0.5, 0.6) is 0 Å². The normalized spacial score (nSPS) is 15.0. The molecule has 4 heterocycles. The lowest BCUT2D eigenvalue weighted by atomic mass is 9.93. The Balaban J connectivity index is 1.42. The number of ether oxygens (including phenoxy) is 1. The summed E-state index contributed by atoms with van der Waals surface area (Å²) in [5.41, 5.74) is 2.59. The van der Waals surface area contributed by atoms with Gasteiger partial charge in [-0.15, -0.1) is 0 Å². The fraction of sp³-hybridized carbons (Fsp3) is 0.400. The van der Waals surface area contributed by atoms with Crippen molar-refractivity contribution in [3.63, 3.8) is 0 Å². The van der Waals surface area contributed by atoms with Crippen molar-refractivity contribution >= 4 is 23.3 Å². The SMILES string of the molecule is Cc1c(Cl)cccc1-c1noc(-c2cnn3c(C4CCN(C(=O)OC(C)(C)C)CC4)cc(=O)[nH]c23)n1. The number of amides is 1. The van der Waals surface area contributed by atoms with Crippen molar-refractivity contribution < 1.29 is 14.1 Å². The van der Waals surface area contributed by atoms with E-state index in [1.165, 1.54) is 0 Å². The number of carbonyl (C=O) groups excluding carboxylic acids is 1. The summed E-state index contributed by atoms with van der Waals surface area (Å²) in [5.74, 6) is 0.692. The molecule has 0 saturated carbocycles. The van der Waals surface area contributed by atoms with Crippen LogP contribution in [0.25, 0.3) is 28.5 Å². The van der Waals surface area contributed by atoms with Gasteiger partial charge in [0.25, 0.3) is 11.4 Å². The minimum absolute atomic E-state index is 0.0496. The van der Waals surface area contributed by atoms with Crippen molar-refractivity contribution in [1.82, 2.24) is 29.6 Å². The Morgan fingerprint density at radius 2 is 1.97 bits per heavy atom. The van der Waals surface area contributed by atoms with Crippen LogP contribution in [0.4, 0.5) is 4.79 Å². The van der Waals surface area contributed by atoms with Crippen molar-refractivity contribution in [3.8, 4) is 22.8 Å². The molecule has 1 amide bonds. The summed E-state index contributed by atoms with van der Waals surface area (Å²) in [6.45, 7) is 8.51. The number of nitrogens with one attached hydrogen (secondary N) is 1. The lowest BCUT2D eigenvalue weighted by molar-refractivity contribution is 0.0203. The molecule has 1 saturated heterocycles. The molecule has 5 rings (SSSR count). The summed E-state index contributed by atoms with van der Waals surface area (Å²) < 4.78 is 12.7. The van der Waals surface area contributed by atoms with Crippen LogP contribution in [0.3, 0.4) is 0 Å². The van der Waals surface area contributed by atoms with Gasteiger partial charge in [-0.1, -0.05) is 28.9 Å². The Kier molecular flexibility index (Phi) is 6.07. The zero-order valence-electron chi connectivity index (χ0n) is 20.5. The smallest absolute Gasteiger partial charge is 0.410 e. The van der Waals surface area contributed by atoms with Gasteiger partial charge in [0, 0.05) is 35.7 Å². The quantitative estimate of drug-likeness (QED) is 0.419. The van der Waals surface area contributed by atoms with E-state index in [4.69, 9.17) is 20.9 Å². The number of fused-ring (bicyclic) bond motifs is 1. The third-order valence-corrected chi connectivity index (χ3v) is 6.67. The van der Waals surface area contributed by atoms with Gasteiger partial charge in [-0.05, 0) is 52.2 Å². The van der Waals surface area contributed by atoms with Crippen molar-refractivity contribution in [1.29, 1.82) is 0 Å². The largest absolute Gasteiger partial charge is 0.444 e. The van der Waals surface area contributed by atoms with Gasteiger partial charge in [0.05, 0.1) is 11.9 Å². The van der Waals surface area contributed by atoms with Crippen LogP contribution in [0.1, 0.15) is 50.8 Å². The van der Waals surface area contributed by atoms with Crippen molar-refractivity contribution in [2.24, 2.45) is 0 Å². The Labute approximate surface area is 212 Å². The summed E-state index contributed by atoms with van der Waals surface area (Å²) >= 11 is 6.24. The molecule has 3 aromatic heterocycles. The number of nitrogens with zero attached hydrogens (tertiary/aromatic N) is 5. The van der Waals surface area contributed by atoms with E-state index >= 15 is 0 Å².